The Hall–Kier alpha value is -1.53. The van der Waals surface area contributed by atoms with Gasteiger partial charge in [0.2, 0.25) is 0 Å². The van der Waals surface area contributed by atoms with E-state index < -0.39 is 0 Å². The number of nitrogens with one attached hydrogen (secondary N) is 1. The van der Waals surface area contributed by atoms with Gasteiger partial charge in [-0.2, -0.15) is 0 Å². The van der Waals surface area contributed by atoms with Gasteiger partial charge < -0.3 is 10.1 Å². The van der Waals surface area contributed by atoms with Crippen molar-refractivity contribution < 1.29 is 4.74 Å². The maximum Gasteiger partial charge on any atom is 0.144 e. The van der Waals surface area contributed by atoms with Gasteiger partial charge in [-0.15, -0.1) is 0 Å². The number of anilines is 1. The van der Waals surface area contributed by atoms with Crippen LogP contribution in [-0.4, -0.2) is 28.6 Å². The largest absolute Gasteiger partial charge is 0.378 e. The molecular formula is C14H17BrN4O. The van der Waals surface area contributed by atoms with E-state index in [0.717, 1.165) is 33.9 Å². The van der Waals surface area contributed by atoms with E-state index in [-0.39, 0.29) is 0 Å². The number of aromatic nitrogens is 3. The molecule has 5 nitrogen and oxygen atoms in total. The summed E-state index contributed by atoms with van der Waals surface area (Å²) in [5, 5.41) is 3.23. The highest BCUT2D eigenvalue weighted by Gasteiger charge is 2.12. The average molecular weight is 337 g/mol. The van der Waals surface area contributed by atoms with Crippen LogP contribution in [0.2, 0.25) is 0 Å². The van der Waals surface area contributed by atoms with Crippen molar-refractivity contribution >= 4 is 21.7 Å². The van der Waals surface area contributed by atoms with E-state index in [4.69, 9.17) is 4.74 Å². The Bertz CT molecular complexity index is 535. The van der Waals surface area contributed by atoms with Crippen LogP contribution in [0, 0.1) is 0 Å². The molecule has 0 unspecified atom stereocenters. The van der Waals surface area contributed by atoms with Crippen molar-refractivity contribution in [2.45, 2.75) is 20.0 Å². The molecule has 0 radical (unpaired) electrons. The van der Waals surface area contributed by atoms with Crippen LogP contribution in [0.25, 0.3) is 0 Å². The maximum absolute atomic E-state index is 5.19. The topological polar surface area (TPSA) is 59.9 Å². The number of pyridine rings is 1. The third-order valence-electron chi connectivity index (χ3n) is 2.68. The van der Waals surface area contributed by atoms with Crippen LogP contribution in [0.5, 0.6) is 0 Å². The molecule has 2 aromatic heterocycles. The summed E-state index contributed by atoms with van der Waals surface area (Å²) in [6, 6.07) is 3.93. The molecule has 0 bridgehead atoms. The Morgan fingerprint density at radius 1 is 1.35 bits per heavy atom. The fraction of sp³-hybridized carbons (Fsp3) is 0.357. The highest BCUT2D eigenvalue weighted by Crippen LogP contribution is 2.24. The minimum atomic E-state index is 0.446. The molecule has 6 heteroatoms. The smallest absolute Gasteiger partial charge is 0.144 e. The molecule has 0 saturated heterocycles. The molecule has 0 fully saturated rings. The first kappa shape index (κ1) is 14.9. The van der Waals surface area contributed by atoms with Crippen LogP contribution in [-0.2, 0) is 17.8 Å². The van der Waals surface area contributed by atoms with Crippen molar-refractivity contribution in [2.24, 2.45) is 0 Å². The van der Waals surface area contributed by atoms with Gasteiger partial charge in [-0.05, 0) is 34.5 Å². The third kappa shape index (κ3) is 3.74. The van der Waals surface area contributed by atoms with Crippen LogP contribution < -0.4 is 5.32 Å². The van der Waals surface area contributed by atoms with Gasteiger partial charge in [-0.1, -0.05) is 6.07 Å². The van der Waals surface area contributed by atoms with Gasteiger partial charge in [0.05, 0.1) is 16.8 Å². The highest BCUT2D eigenvalue weighted by molar-refractivity contribution is 9.10. The zero-order chi connectivity index (χ0) is 14.4. The second kappa shape index (κ2) is 7.31. The van der Waals surface area contributed by atoms with Crippen molar-refractivity contribution in [1.82, 2.24) is 15.0 Å². The lowest BCUT2D eigenvalue weighted by Crippen LogP contribution is -2.09. The number of halogens is 1. The summed E-state index contributed by atoms with van der Waals surface area (Å²) in [6.07, 6.45) is 4.23. The Labute approximate surface area is 127 Å². The maximum atomic E-state index is 5.19. The molecule has 20 heavy (non-hydrogen) atoms. The second-order valence-corrected chi connectivity index (χ2v) is 5.04. The lowest BCUT2D eigenvalue weighted by molar-refractivity contribution is 0.180. The van der Waals surface area contributed by atoms with Crippen molar-refractivity contribution in [3.8, 4) is 0 Å². The van der Waals surface area contributed by atoms with Gasteiger partial charge in [0.1, 0.15) is 11.6 Å². The molecule has 0 atom stereocenters. The van der Waals surface area contributed by atoms with E-state index in [1.54, 1.807) is 13.3 Å². The Balaban J connectivity index is 2.32. The van der Waals surface area contributed by atoms with Crippen LogP contribution in [0.1, 0.15) is 24.0 Å². The first-order valence-electron chi connectivity index (χ1n) is 6.41. The van der Waals surface area contributed by atoms with E-state index in [2.05, 4.69) is 36.2 Å². The van der Waals surface area contributed by atoms with E-state index >= 15 is 0 Å². The van der Waals surface area contributed by atoms with Gasteiger partial charge in [-0.3, -0.25) is 4.98 Å². The van der Waals surface area contributed by atoms with Crippen LogP contribution in [0.4, 0.5) is 5.82 Å². The number of methoxy groups -OCH3 is 1. The lowest BCUT2D eigenvalue weighted by Gasteiger charge is -2.11. The number of ether oxygens (including phenoxy) is 1. The molecule has 106 valence electrons. The van der Waals surface area contributed by atoms with Crippen molar-refractivity contribution in [3.63, 3.8) is 0 Å². The summed E-state index contributed by atoms with van der Waals surface area (Å²) in [6.45, 7) is 3.28. The highest BCUT2D eigenvalue weighted by atomic mass is 79.9. The molecule has 0 aliphatic rings. The van der Waals surface area contributed by atoms with E-state index in [0.29, 0.717) is 13.0 Å². The summed E-state index contributed by atoms with van der Waals surface area (Å²) in [5.74, 6) is 1.55. The SMILES string of the molecule is CCNc1nc(Cc2cccnc2)nc(COC)c1Br. The minimum absolute atomic E-state index is 0.446. The van der Waals surface area contributed by atoms with Crippen molar-refractivity contribution in [1.29, 1.82) is 0 Å². The monoisotopic (exact) mass is 336 g/mol. The lowest BCUT2D eigenvalue weighted by atomic mass is 10.2. The first-order chi connectivity index (χ1) is 9.74. The standard InChI is InChI=1S/C14H17BrN4O/c1-3-17-14-13(15)11(9-20-2)18-12(19-14)7-10-5-4-6-16-8-10/h4-6,8H,3,7,9H2,1-2H3,(H,17,18,19). The summed E-state index contributed by atoms with van der Waals surface area (Å²) in [4.78, 5) is 13.2. The van der Waals surface area contributed by atoms with Crippen molar-refractivity contribution in [2.75, 3.05) is 19.0 Å². The van der Waals surface area contributed by atoms with Gasteiger partial charge in [0, 0.05) is 32.5 Å². The van der Waals surface area contributed by atoms with Gasteiger partial charge >= 0.3 is 0 Å². The third-order valence-corrected chi connectivity index (χ3v) is 3.51. The normalized spacial score (nSPS) is 10.6. The second-order valence-electron chi connectivity index (χ2n) is 4.25. The summed E-state index contributed by atoms with van der Waals surface area (Å²) in [7, 11) is 1.66. The molecule has 0 spiro atoms. The van der Waals surface area contributed by atoms with Crippen molar-refractivity contribution in [3.05, 3.63) is 46.1 Å². The molecule has 0 aromatic carbocycles. The Morgan fingerprint density at radius 3 is 2.85 bits per heavy atom. The molecule has 0 saturated carbocycles. The molecule has 2 aromatic rings. The van der Waals surface area contributed by atoms with E-state index in [1.807, 2.05) is 25.3 Å². The molecule has 2 rings (SSSR count). The van der Waals surface area contributed by atoms with Gasteiger partial charge in [0.15, 0.2) is 0 Å². The zero-order valence-electron chi connectivity index (χ0n) is 11.6. The summed E-state index contributed by atoms with van der Waals surface area (Å²) in [5.41, 5.74) is 1.93. The predicted octanol–water partition coefficient (Wildman–Crippen LogP) is 2.80. The van der Waals surface area contributed by atoms with E-state index in [9.17, 15) is 0 Å². The molecule has 2 heterocycles. The van der Waals surface area contributed by atoms with Crippen LogP contribution in [0.15, 0.2) is 29.0 Å². The van der Waals surface area contributed by atoms with Gasteiger partial charge in [-0.25, -0.2) is 9.97 Å². The fourth-order valence-corrected chi connectivity index (χ4v) is 2.26. The Morgan fingerprint density at radius 2 is 2.20 bits per heavy atom. The zero-order valence-corrected chi connectivity index (χ0v) is 13.1. The first-order valence-corrected chi connectivity index (χ1v) is 7.21. The summed E-state index contributed by atoms with van der Waals surface area (Å²) >= 11 is 3.52. The summed E-state index contributed by atoms with van der Waals surface area (Å²) < 4.78 is 6.04. The quantitative estimate of drug-likeness (QED) is 0.878. The fourth-order valence-electron chi connectivity index (χ4n) is 1.83. The molecular weight excluding hydrogens is 320 g/mol. The Kier molecular flexibility index (Phi) is 5.43. The van der Waals surface area contributed by atoms with Crippen LogP contribution >= 0.6 is 15.9 Å². The number of nitrogens with zero attached hydrogens (tertiary/aromatic N) is 3. The number of rotatable bonds is 6. The van der Waals surface area contributed by atoms with Gasteiger partial charge in [0.25, 0.3) is 0 Å². The van der Waals surface area contributed by atoms with Crippen LogP contribution in [0.3, 0.4) is 0 Å². The molecule has 1 N–H and O–H groups in total. The number of hydrogen-bond acceptors (Lipinski definition) is 5. The molecule has 0 amide bonds. The predicted molar refractivity (Wildman–Crippen MR) is 81.7 cm³/mol. The molecule has 0 aliphatic heterocycles. The minimum Gasteiger partial charge on any atom is -0.378 e. The molecule has 0 aliphatic carbocycles. The number of hydrogen-bond donors (Lipinski definition) is 1. The average Bonchev–Trinajstić information content (AvgIpc) is 2.45. The van der Waals surface area contributed by atoms with E-state index in [1.165, 1.54) is 0 Å².